The third kappa shape index (κ3) is 0.580. The first-order valence-electron chi connectivity index (χ1n) is 3.83. The lowest BCUT2D eigenvalue weighted by molar-refractivity contribution is 1.19. The molecule has 0 unspecified atom stereocenters. The summed E-state index contributed by atoms with van der Waals surface area (Å²) in [6.45, 7) is 0. The molecule has 0 fully saturated rings. The van der Waals surface area contributed by atoms with Crippen molar-refractivity contribution >= 4 is 16.6 Å². The minimum absolute atomic E-state index is 1.12. The zero-order valence-electron chi connectivity index (χ0n) is 6.36. The van der Waals surface area contributed by atoms with E-state index in [0.29, 0.717) is 0 Å². The molecule has 58 valence electrons. The molecule has 0 amide bonds. The number of aromatic nitrogens is 3. The van der Waals surface area contributed by atoms with E-state index in [4.69, 9.17) is 0 Å². The van der Waals surface area contributed by atoms with Crippen molar-refractivity contribution in [1.29, 1.82) is 0 Å². The van der Waals surface area contributed by atoms with Gasteiger partial charge in [-0.05, 0) is 18.2 Å². The monoisotopic (exact) mass is 157 g/mol. The highest BCUT2D eigenvalue weighted by molar-refractivity contribution is 5.83. The standard InChI is InChI=1S/C9H7N3/c1-2-7-4-8-9(12(7)3-1)5-10-6-11-8/h1-6H,(H,10,11). The van der Waals surface area contributed by atoms with Crippen LogP contribution in [0.2, 0.25) is 0 Å². The average Bonchev–Trinajstić information content (AvgIpc) is 2.62. The van der Waals surface area contributed by atoms with E-state index in [0.717, 1.165) is 11.0 Å². The van der Waals surface area contributed by atoms with Crippen LogP contribution in [-0.2, 0) is 0 Å². The Morgan fingerprint density at radius 3 is 3.42 bits per heavy atom. The summed E-state index contributed by atoms with van der Waals surface area (Å²) < 4.78 is 2.11. The first kappa shape index (κ1) is 5.83. The van der Waals surface area contributed by atoms with Crippen molar-refractivity contribution in [1.82, 2.24) is 14.4 Å². The van der Waals surface area contributed by atoms with Gasteiger partial charge in [0.15, 0.2) is 0 Å². The second kappa shape index (κ2) is 1.88. The Morgan fingerprint density at radius 1 is 1.42 bits per heavy atom. The quantitative estimate of drug-likeness (QED) is 0.530. The Hall–Kier alpha value is -1.77. The van der Waals surface area contributed by atoms with Crippen LogP contribution in [0, 0.1) is 0 Å². The fourth-order valence-corrected chi connectivity index (χ4v) is 1.54. The second-order valence-electron chi connectivity index (χ2n) is 2.80. The van der Waals surface area contributed by atoms with Gasteiger partial charge in [0.2, 0.25) is 0 Å². The lowest BCUT2D eigenvalue weighted by Gasteiger charge is -1.89. The van der Waals surface area contributed by atoms with E-state index in [1.165, 1.54) is 5.52 Å². The maximum atomic E-state index is 4.04. The van der Waals surface area contributed by atoms with E-state index in [-0.39, 0.29) is 0 Å². The van der Waals surface area contributed by atoms with Crippen LogP contribution in [0.15, 0.2) is 36.9 Å². The number of rotatable bonds is 0. The average molecular weight is 157 g/mol. The summed E-state index contributed by atoms with van der Waals surface area (Å²) in [5, 5.41) is 0. The van der Waals surface area contributed by atoms with Crippen LogP contribution in [0.5, 0.6) is 0 Å². The lowest BCUT2D eigenvalue weighted by Crippen LogP contribution is -1.79. The second-order valence-corrected chi connectivity index (χ2v) is 2.80. The van der Waals surface area contributed by atoms with Crippen molar-refractivity contribution in [2.75, 3.05) is 0 Å². The predicted octanol–water partition coefficient (Wildman–Crippen LogP) is 1.82. The van der Waals surface area contributed by atoms with E-state index in [9.17, 15) is 0 Å². The van der Waals surface area contributed by atoms with E-state index >= 15 is 0 Å². The van der Waals surface area contributed by atoms with E-state index < -0.39 is 0 Å². The molecule has 0 saturated carbocycles. The van der Waals surface area contributed by atoms with Crippen molar-refractivity contribution in [3.05, 3.63) is 36.9 Å². The molecular weight excluding hydrogens is 150 g/mol. The van der Waals surface area contributed by atoms with Crippen LogP contribution in [0.3, 0.4) is 0 Å². The van der Waals surface area contributed by atoms with Gasteiger partial charge in [0, 0.05) is 11.7 Å². The summed E-state index contributed by atoms with van der Waals surface area (Å²) in [7, 11) is 0. The molecule has 0 bridgehead atoms. The smallest absolute Gasteiger partial charge is 0.0924 e. The fraction of sp³-hybridized carbons (Fsp3) is 0. The van der Waals surface area contributed by atoms with Gasteiger partial charge in [0.25, 0.3) is 0 Å². The normalized spacial score (nSPS) is 11.3. The molecule has 3 rings (SSSR count). The molecular formula is C9H7N3. The Morgan fingerprint density at radius 2 is 2.42 bits per heavy atom. The van der Waals surface area contributed by atoms with Crippen LogP contribution in [0.4, 0.5) is 0 Å². The molecule has 0 aromatic carbocycles. The van der Waals surface area contributed by atoms with Gasteiger partial charge in [0.05, 0.1) is 23.6 Å². The van der Waals surface area contributed by atoms with Gasteiger partial charge in [-0.25, -0.2) is 4.98 Å². The molecule has 0 aliphatic rings. The fourth-order valence-electron chi connectivity index (χ4n) is 1.54. The number of H-pyrrole nitrogens is 1. The Labute approximate surface area is 68.7 Å². The summed E-state index contributed by atoms with van der Waals surface area (Å²) >= 11 is 0. The number of nitrogens with one attached hydrogen (secondary N) is 1. The molecule has 1 N–H and O–H groups in total. The number of hydrogen-bond donors (Lipinski definition) is 1. The van der Waals surface area contributed by atoms with Crippen molar-refractivity contribution in [2.45, 2.75) is 0 Å². The molecule has 0 spiro atoms. The molecule has 3 nitrogen and oxygen atoms in total. The number of nitrogens with zero attached hydrogens (tertiary/aromatic N) is 2. The SMILES string of the molecule is c1cc2cc3[nH]cncc3n2c1. The highest BCUT2D eigenvalue weighted by atomic mass is 14.9. The van der Waals surface area contributed by atoms with Crippen molar-refractivity contribution in [3.63, 3.8) is 0 Å². The number of hydrogen-bond acceptors (Lipinski definition) is 1. The van der Waals surface area contributed by atoms with Crippen LogP contribution in [0.1, 0.15) is 0 Å². The predicted molar refractivity (Wildman–Crippen MR) is 47.0 cm³/mol. The van der Waals surface area contributed by atoms with Gasteiger partial charge in [0.1, 0.15) is 0 Å². The van der Waals surface area contributed by atoms with Gasteiger partial charge in [-0.15, -0.1) is 0 Å². The summed E-state index contributed by atoms with van der Waals surface area (Å²) in [4.78, 5) is 7.13. The van der Waals surface area contributed by atoms with Crippen molar-refractivity contribution < 1.29 is 0 Å². The first-order chi connectivity index (χ1) is 5.95. The molecule has 12 heavy (non-hydrogen) atoms. The summed E-state index contributed by atoms with van der Waals surface area (Å²) in [6, 6.07) is 6.21. The van der Waals surface area contributed by atoms with E-state index in [1.807, 2.05) is 18.5 Å². The molecule has 3 heterocycles. The molecule has 0 radical (unpaired) electrons. The van der Waals surface area contributed by atoms with Crippen LogP contribution < -0.4 is 0 Å². The van der Waals surface area contributed by atoms with Gasteiger partial charge >= 0.3 is 0 Å². The minimum atomic E-state index is 1.12. The van der Waals surface area contributed by atoms with E-state index in [2.05, 4.69) is 26.5 Å². The topological polar surface area (TPSA) is 33.1 Å². The van der Waals surface area contributed by atoms with Crippen molar-refractivity contribution in [2.24, 2.45) is 0 Å². The number of aromatic amines is 1. The van der Waals surface area contributed by atoms with Gasteiger partial charge in [-0.1, -0.05) is 0 Å². The highest BCUT2D eigenvalue weighted by Crippen LogP contribution is 2.16. The third-order valence-electron chi connectivity index (χ3n) is 2.10. The Balaban J connectivity index is 2.68. The van der Waals surface area contributed by atoms with Gasteiger partial charge < -0.3 is 9.38 Å². The minimum Gasteiger partial charge on any atom is -0.345 e. The first-order valence-corrected chi connectivity index (χ1v) is 3.83. The molecule has 3 heteroatoms. The summed E-state index contributed by atoms with van der Waals surface area (Å²) in [6.07, 6.45) is 5.59. The van der Waals surface area contributed by atoms with Gasteiger partial charge in [-0.2, -0.15) is 0 Å². The lowest BCUT2D eigenvalue weighted by atomic mass is 10.4. The molecule has 3 aromatic heterocycles. The number of fused-ring (bicyclic) bond motifs is 3. The molecule has 0 atom stereocenters. The van der Waals surface area contributed by atoms with Crippen LogP contribution in [0.25, 0.3) is 16.6 Å². The Bertz CT molecular complexity index is 532. The molecule has 0 aliphatic carbocycles. The largest absolute Gasteiger partial charge is 0.345 e. The Kier molecular flexibility index (Phi) is 0.913. The van der Waals surface area contributed by atoms with E-state index in [1.54, 1.807) is 6.33 Å². The molecule has 3 aromatic rings. The maximum Gasteiger partial charge on any atom is 0.0924 e. The molecule has 0 saturated heterocycles. The summed E-state index contributed by atoms with van der Waals surface area (Å²) in [5.41, 5.74) is 3.45. The van der Waals surface area contributed by atoms with Gasteiger partial charge in [-0.3, -0.25) is 0 Å². The highest BCUT2D eigenvalue weighted by Gasteiger charge is 2.00. The zero-order chi connectivity index (χ0) is 7.97. The third-order valence-corrected chi connectivity index (χ3v) is 2.10. The van der Waals surface area contributed by atoms with Crippen molar-refractivity contribution in [3.8, 4) is 0 Å². The van der Waals surface area contributed by atoms with Crippen LogP contribution in [-0.4, -0.2) is 14.4 Å². The van der Waals surface area contributed by atoms with Crippen LogP contribution >= 0.6 is 0 Å². The molecule has 0 aliphatic heterocycles. The zero-order valence-corrected chi connectivity index (χ0v) is 6.36. The maximum absolute atomic E-state index is 4.04. The summed E-state index contributed by atoms with van der Waals surface area (Å²) in [5.74, 6) is 0.